The Hall–Kier alpha value is -3.52. The highest BCUT2D eigenvalue weighted by molar-refractivity contribution is 6.21. The number of carboxylic acid groups (broad SMARTS) is 1. The molecule has 0 heterocycles. The summed E-state index contributed by atoms with van der Waals surface area (Å²) in [7, 11) is 2.50. The molecule has 1 unspecified atom stereocenters. The zero-order valence-corrected chi connectivity index (χ0v) is 15.2. The zero-order valence-electron chi connectivity index (χ0n) is 15.2. The molecular formula is C20H19NO7. The summed E-state index contributed by atoms with van der Waals surface area (Å²) >= 11 is 0. The molecule has 0 saturated carbocycles. The van der Waals surface area contributed by atoms with Gasteiger partial charge in [-0.05, 0) is 12.1 Å². The average molecular weight is 385 g/mol. The van der Waals surface area contributed by atoms with E-state index in [4.69, 9.17) is 4.74 Å². The summed E-state index contributed by atoms with van der Waals surface area (Å²) in [6.45, 7) is 0. The Morgan fingerprint density at radius 2 is 1.36 bits per heavy atom. The summed E-state index contributed by atoms with van der Waals surface area (Å²) in [5, 5.41) is 19.7. The molecule has 0 saturated heterocycles. The molecule has 0 aliphatic carbocycles. The van der Waals surface area contributed by atoms with Gasteiger partial charge in [0.1, 0.15) is 0 Å². The standard InChI is InChI=1S/C20H19NO7/c1-21(2)19(27)20(16(23)17(24)25,15(22)13-9-5-3-6-10-13)28-18(26)14-11-7-4-8-12-14/h3-12,16,23H,1-2H3,(H,24,25)/t16?,20-/m0/s1. The van der Waals surface area contributed by atoms with Crippen molar-refractivity contribution in [3.63, 3.8) is 0 Å². The van der Waals surface area contributed by atoms with Gasteiger partial charge in [-0.3, -0.25) is 9.59 Å². The van der Waals surface area contributed by atoms with Crippen molar-refractivity contribution >= 4 is 23.6 Å². The van der Waals surface area contributed by atoms with Crippen molar-refractivity contribution < 1.29 is 34.1 Å². The number of amides is 1. The molecular weight excluding hydrogens is 366 g/mol. The fourth-order valence-electron chi connectivity index (χ4n) is 2.57. The van der Waals surface area contributed by atoms with Gasteiger partial charge in [-0.25, -0.2) is 9.59 Å². The number of nitrogens with zero attached hydrogens (tertiary/aromatic N) is 1. The zero-order chi connectivity index (χ0) is 20.9. The molecule has 28 heavy (non-hydrogen) atoms. The van der Waals surface area contributed by atoms with Crippen LogP contribution in [0.2, 0.25) is 0 Å². The largest absolute Gasteiger partial charge is 0.479 e. The Morgan fingerprint density at radius 1 is 0.893 bits per heavy atom. The van der Waals surface area contributed by atoms with Crippen molar-refractivity contribution in [3.8, 4) is 0 Å². The van der Waals surface area contributed by atoms with Gasteiger partial charge < -0.3 is 19.8 Å². The van der Waals surface area contributed by atoms with Crippen molar-refractivity contribution in [2.75, 3.05) is 14.1 Å². The van der Waals surface area contributed by atoms with Crippen LogP contribution in [-0.2, 0) is 14.3 Å². The predicted molar refractivity (Wildman–Crippen MR) is 97.7 cm³/mol. The number of hydrogen-bond donors (Lipinski definition) is 2. The summed E-state index contributed by atoms with van der Waals surface area (Å²) in [6.07, 6.45) is -2.62. The lowest BCUT2D eigenvalue weighted by molar-refractivity contribution is -0.170. The lowest BCUT2D eigenvalue weighted by Gasteiger charge is -2.34. The number of esters is 1. The minimum Gasteiger partial charge on any atom is -0.479 e. The third-order valence-electron chi connectivity index (χ3n) is 3.98. The molecule has 1 amide bonds. The average Bonchev–Trinajstić information content (AvgIpc) is 2.71. The van der Waals surface area contributed by atoms with Crippen molar-refractivity contribution in [2.24, 2.45) is 0 Å². The second-order valence-electron chi connectivity index (χ2n) is 6.13. The summed E-state index contributed by atoms with van der Waals surface area (Å²) in [5.41, 5.74) is -3.11. The molecule has 8 nitrogen and oxygen atoms in total. The van der Waals surface area contributed by atoms with Gasteiger partial charge in [-0.15, -0.1) is 0 Å². The monoisotopic (exact) mass is 385 g/mol. The summed E-state index contributed by atoms with van der Waals surface area (Å²) in [6, 6.07) is 14.7. The molecule has 146 valence electrons. The minimum absolute atomic E-state index is 0.0168. The number of aliphatic carboxylic acids is 1. The number of benzene rings is 2. The van der Waals surface area contributed by atoms with E-state index >= 15 is 0 Å². The molecule has 0 aromatic heterocycles. The van der Waals surface area contributed by atoms with Crippen molar-refractivity contribution in [2.45, 2.75) is 11.7 Å². The van der Waals surface area contributed by atoms with Crippen LogP contribution >= 0.6 is 0 Å². The number of aliphatic hydroxyl groups excluding tert-OH is 1. The Bertz CT molecular complexity index is 880. The number of likely N-dealkylation sites (N-methyl/N-ethyl adjacent to an activating group) is 1. The van der Waals surface area contributed by atoms with Gasteiger partial charge in [0.15, 0.2) is 0 Å². The first-order chi connectivity index (χ1) is 13.2. The topological polar surface area (TPSA) is 121 Å². The van der Waals surface area contributed by atoms with Gasteiger partial charge in [-0.2, -0.15) is 0 Å². The normalized spacial score (nSPS) is 13.7. The molecule has 0 bridgehead atoms. The van der Waals surface area contributed by atoms with Crippen LogP contribution in [0, 0.1) is 0 Å². The van der Waals surface area contributed by atoms with Gasteiger partial charge in [-0.1, -0.05) is 48.5 Å². The van der Waals surface area contributed by atoms with E-state index in [1.807, 2.05) is 0 Å². The van der Waals surface area contributed by atoms with Crippen LogP contribution in [0.15, 0.2) is 60.7 Å². The van der Waals surface area contributed by atoms with Crippen molar-refractivity contribution in [3.05, 3.63) is 71.8 Å². The van der Waals surface area contributed by atoms with Crippen molar-refractivity contribution in [1.82, 2.24) is 4.90 Å². The van der Waals surface area contributed by atoms with E-state index in [0.29, 0.717) is 0 Å². The highest BCUT2D eigenvalue weighted by Crippen LogP contribution is 2.27. The number of carbonyl (C=O) groups is 4. The lowest BCUT2D eigenvalue weighted by atomic mass is 9.85. The van der Waals surface area contributed by atoms with Crippen molar-refractivity contribution in [1.29, 1.82) is 0 Å². The molecule has 0 aliphatic heterocycles. The van der Waals surface area contributed by atoms with E-state index in [-0.39, 0.29) is 11.1 Å². The molecule has 0 aliphatic rings. The van der Waals surface area contributed by atoms with E-state index in [1.54, 1.807) is 12.1 Å². The Balaban J connectivity index is 2.66. The van der Waals surface area contributed by atoms with Crippen LogP contribution in [0.3, 0.4) is 0 Å². The van der Waals surface area contributed by atoms with Gasteiger partial charge in [0, 0.05) is 19.7 Å². The molecule has 2 aromatic rings. The first-order valence-corrected chi connectivity index (χ1v) is 8.22. The van der Waals surface area contributed by atoms with Crippen LogP contribution in [0.25, 0.3) is 0 Å². The van der Waals surface area contributed by atoms with E-state index in [9.17, 15) is 29.4 Å². The maximum atomic E-state index is 13.2. The SMILES string of the molecule is CN(C)C(=O)[C@](OC(=O)c1ccccc1)(C(=O)c1ccccc1)C(O)C(=O)O. The van der Waals surface area contributed by atoms with Gasteiger partial charge in [0.25, 0.3) is 11.5 Å². The number of carboxylic acids is 1. The quantitative estimate of drug-likeness (QED) is 0.414. The first-order valence-electron chi connectivity index (χ1n) is 8.22. The Kier molecular flexibility index (Phi) is 6.27. The Morgan fingerprint density at radius 3 is 1.79 bits per heavy atom. The third-order valence-corrected chi connectivity index (χ3v) is 3.98. The van der Waals surface area contributed by atoms with E-state index in [0.717, 1.165) is 4.90 Å². The number of rotatable bonds is 7. The summed E-state index contributed by atoms with van der Waals surface area (Å²) < 4.78 is 5.18. The molecule has 0 spiro atoms. The third kappa shape index (κ3) is 3.91. The predicted octanol–water partition coefficient (Wildman–Crippen LogP) is 0.999. The van der Waals surface area contributed by atoms with E-state index in [1.165, 1.54) is 62.6 Å². The number of Topliss-reactive ketones (excluding diaryl/α,β-unsaturated/α-hetero) is 1. The summed E-state index contributed by atoms with van der Waals surface area (Å²) in [5.74, 6) is -5.34. The fourth-order valence-corrected chi connectivity index (χ4v) is 2.57. The Labute approximate surface area is 161 Å². The van der Waals surface area contributed by atoms with Gasteiger partial charge >= 0.3 is 11.9 Å². The number of ketones is 1. The van der Waals surface area contributed by atoms with Gasteiger partial charge in [0.05, 0.1) is 5.56 Å². The van der Waals surface area contributed by atoms with E-state index < -0.39 is 35.3 Å². The van der Waals surface area contributed by atoms with Crippen LogP contribution in [-0.4, -0.2) is 64.5 Å². The number of carbonyl (C=O) groups excluding carboxylic acids is 3. The summed E-state index contributed by atoms with van der Waals surface area (Å²) in [4.78, 5) is 51.1. The molecule has 2 atom stereocenters. The highest BCUT2D eigenvalue weighted by Gasteiger charge is 2.59. The second-order valence-corrected chi connectivity index (χ2v) is 6.13. The molecule has 2 aromatic carbocycles. The fraction of sp³-hybridized carbons (Fsp3) is 0.200. The van der Waals surface area contributed by atoms with Crippen LogP contribution < -0.4 is 0 Å². The smallest absolute Gasteiger partial charge is 0.339 e. The number of ether oxygens (including phenoxy) is 1. The van der Waals surface area contributed by atoms with Gasteiger partial charge in [0.2, 0.25) is 11.9 Å². The van der Waals surface area contributed by atoms with Crippen LogP contribution in [0.4, 0.5) is 0 Å². The maximum absolute atomic E-state index is 13.2. The molecule has 0 fully saturated rings. The molecule has 2 N–H and O–H groups in total. The highest BCUT2D eigenvalue weighted by atomic mass is 16.6. The lowest BCUT2D eigenvalue weighted by Crippen LogP contribution is -2.64. The number of aliphatic hydroxyl groups is 1. The molecule has 8 heteroatoms. The molecule has 0 radical (unpaired) electrons. The second kappa shape index (κ2) is 8.45. The van der Waals surface area contributed by atoms with Crippen LogP contribution in [0.1, 0.15) is 20.7 Å². The number of hydrogen-bond acceptors (Lipinski definition) is 6. The maximum Gasteiger partial charge on any atom is 0.339 e. The van der Waals surface area contributed by atoms with Crippen LogP contribution in [0.5, 0.6) is 0 Å². The first kappa shape index (κ1) is 20.8. The van der Waals surface area contributed by atoms with E-state index in [2.05, 4.69) is 0 Å². The minimum atomic E-state index is -3.00. The molecule has 2 rings (SSSR count).